The molecule has 5 heteroatoms. The van der Waals surface area contributed by atoms with Gasteiger partial charge >= 0.3 is 0 Å². The van der Waals surface area contributed by atoms with Crippen LogP contribution in [0.5, 0.6) is 0 Å². The minimum Gasteiger partial charge on any atom is -0.389 e. The summed E-state index contributed by atoms with van der Waals surface area (Å²) in [6, 6.07) is 10.4. The summed E-state index contributed by atoms with van der Waals surface area (Å²) >= 11 is 0. The molecule has 1 aliphatic heterocycles. The van der Waals surface area contributed by atoms with Crippen LogP contribution in [0.25, 0.3) is 0 Å². The summed E-state index contributed by atoms with van der Waals surface area (Å²) in [7, 11) is 2.03. The summed E-state index contributed by atoms with van der Waals surface area (Å²) in [5.41, 5.74) is 2.51. The van der Waals surface area contributed by atoms with Crippen LogP contribution in [0, 0.1) is 0 Å². The van der Waals surface area contributed by atoms with E-state index in [2.05, 4.69) is 34.3 Å². The summed E-state index contributed by atoms with van der Waals surface area (Å²) < 4.78 is 7.26. The summed E-state index contributed by atoms with van der Waals surface area (Å²) in [5, 5.41) is 14.2. The van der Waals surface area contributed by atoms with Gasteiger partial charge in [0.15, 0.2) is 0 Å². The third-order valence-electron chi connectivity index (χ3n) is 4.02. The van der Waals surface area contributed by atoms with Crippen LogP contribution in [0.1, 0.15) is 11.1 Å². The van der Waals surface area contributed by atoms with E-state index in [0.717, 1.165) is 13.1 Å². The number of hydrogen-bond donors (Lipinski definition) is 1. The normalized spacial score (nSPS) is 22.0. The Morgan fingerprint density at radius 2 is 2.10 bits per heavy atom. The van der Waals surface area contributed by atoms with Gasteiger partial charge in [-0.05, 0) is 24.2 Å². The standard InChI is InChI=1S/C16H21N3O2/c1-18(15-11-21-12-16(15)20)9-13-5-2-3-6-14(13)10-19-8-4-7-17-19/h2-8,15-16,20H,9-12H2,1H3/t15-,16-/m0/s1. The second-order valence-corrected chi connectivity index (χ2v) is 5.56. The molecule has 3 rings (SSSR count). The SMILES string of the molecule is CN(Cc1ccccc1Cn1cccn1)[C@H]1COC[C@@H]1O. The van der Waals surface area contributed by atoms with Crippen molar-refractivity contribution >= 4 is 0 Å². The number of benzene rings is 1. The monoisotopic (exact) mass is 287 g/mol. The fourth-order valence-corrected chi connectivity index (χ4v) is 2.77. The number of aromatic nitrogens is 2. The molecule has 1 fully saturated rings. The van der Waals surface area contributed by atoms with Gasteiger partial charge in [0.2, 0.25) is 0 Å². The highest BCUT2D eigenvalue weighted by Gasteiger charge is 2.29. The molecule has 5 nitrogen and oxygen atoms in total. The molecule has 0 bridgehead atoms. The third-order valence-corrected chi connectivity index (χ3v) is 4.02. The molecule has 0 spiro atoms. The fourth-order valence-electron chi connectivity index (χ4n) is 2.77. The number of hydrogen-bond acceptors (Lipinski definition) is 4. The van der Waals surface area contributed by atoms with Gasteiger partial charge in [-0.25, -0.2) is 0 Å². The second-order valence-electron chi connectivity index (χ2n) is 5.56. The maximum absolute atomic E-state index is 9.93. The lowest BCUT2D eigenvalue weighted by molar-refractivity contribution is 0.0924. The van der Waals surface area contributed by atoms with Crippen molar-refractivity contribution in [3.05, 3.63) is 53.9 Å². The molecule has 21 heavy (non-hydrogen) atoms. The molecule has 0 amide bonds. The Bertz CT molecular complexity index is 571. The van der Waals surface area contributed by atoms with Gasteiger partial charge in [0.25, 0.3) is 0 Å². The smallest absolute Gasteiger partial charge is 0.0950 e. The summed E-state index contributed by atoms with van der Waals surface area (Å²) in [5.74, 6) is 0. The van der Waals surface area contributed by atoms with E-state index in [-0.39, 0.29) is 6.04 Å². The zero-order chi connectivity index (χ0) is 14.7. The quantitative estimate of drug-likeness (QED) is 0.895. The highest BCUT2D eigenvalue weighted by molar-refractivity contribution is 5.27. The van der Waals surface area contributed by atoms with Gasteiger partial charge in [-0.2, -0.15) is 5.10 Å². The van der Waals surface area contributed by atoms with Gasteiger partial charge in [0.1, 0.15) is 0 Å². The molecule has 0 radical (unpaired) electrons. The van der Waals surface area contributed by atoms with Crippen molar-refractivity contribution in [2.24, 2.45) is 0 Å². The number of likely N-dealkylation sites (N-methyl/N-ethyl adjacent to an activating group) is 1. The molecule has 2 aromatic rings. The van der Waals surface area contributed by atoms with Crippen molar-refractivity contribution in [1.82, 2.24) is 14.7 Å². The molecule has 112 valence electrons. The van der Waals surface area contributed by atoms with E-state index in [1.807, 2.05) is 24.0 Å². The molecule has 1 aliphatic rings. The minimum absolute atomic E-state index is 0.0720. The average molecular weight is 287 g/mol. The first-order chi connectivity index (χ1) is 10.2. The number of ether oxygens (including phenoxy) is 1. The number of aliphatic hydroxyl groups is 1. The average Bonchev–Trinajstić information content (AvgIpc) is 3.12. The van der Waals surface area contributed by atoms with Crippen molar-refractivity contribution in [2.45, 2.75) is 25.2 Å². The van der Waals surface area contributed by atoms with Crippen molar-refractivity contribution in [1.29, 1.82) is 0 Å². The predicted octanol–water partition coefficient (Wildman–Crippen LogP) is 1.12. The lowest BCUT2D eigenvalue weighted by Crippen LogP contribution is -2.40. The second kappa shape index (κ2) is 6.39. The van der Waals surface area contributed by atoms with Crippen LogP contribution >= 0.6 is 0 Å². The van der Waals surface area contributed by atoms with E-state index in [4.69, 9.17) is 4.74 Å². The van der Waals surface area contributed by atoms with Crippen molar-refractivity contribution in [3.8, 4) is 0 Å². The molecule has 0 saturated carbocycles. The van der Waals surface area contributed by atoms with Gasteiger partial charge in [-0.3, -0.25) is 9.58 Å². The van der Waals surface area contributed by atoms with Crippen molar-refractivity contribution < 1.29 is 9.84 Å². The van der Waals surface area contributed by atoms with Gasteiger partial charge in [0, 0.05) is 18.9 Å². The lowest BCUT2D eigenvalue weighted by atomic mass is 10.1. The van der Waals surface area contributed by atoms with Gasteiger partial charge in [0.05, 0.1) is 31.9 Å². The van der Waals surface area contributed by atoms with Gasteiger partial charge in [-0.15, -0.1) is 0 Å². The highest BCUT2D eigenvalue weighted by Crippen LogP contribution is 2.17. The zero-order valence-corrected chi connectivity index (χ0v) is 12.2. The molecule has 1 saturated heterocycles. The molecule has 2 atom stereocenters. The first-order valence-corrected chi connectivity index (χ1v) is 7.24. The molecular formula is C16H21N3O2. The molecular weight excluding hydrogens is 266 g/mol. The zero-order valence-electron chi connectivity index (χ0n) is 12.2. The maximum Gasteiger partial charge on any atom is 0.0950 e. The van der Waals surface area contributed by atoms with Crippen LogP contribution in [0.4, 0.5) is 0 Å². The van der Waals surface area contributed by atoms with Crippen LogP contribution < -0.4 is 0 Å². The summed E-state index contributed by atoms with van der Waals surface area (Å²) in [4.78, 5) is 2.17. The first-order valence-electron chi connectivity index (χ1n) is 7.24. The van der Waals surface area contributed by atoms with E-state index in [1.165, 1.54) is 11.1 Å². The lowest BCUT2D eigenvalue weighted by Gasteiger charge is -2.26. The van der Waals surface area contributed by atoms with Crippen LogP contribution in [0.15, 0.2) is 42.7 Å². The van der Waals surface area contributed by atoms with Crippen molar-refractivity contribution in [3.63, 3.8) is 0 Å². The maximum atomic E-state index is 9.93. The van der Waals surface area contributed by atoms with Crippen molar-refractivity contribution in [2.75, 3.05) is 20.3 Å². The van der Waals surface area contributed by atoms with Crippen LogP contribution in [0.3, 0.4) is 0 Å². The van der Waals surface area contributed by atoms with E-state index in [1.54, 1.807) is 6.20 Å². The Labute approximate surface area is 124 Å². The predicted molar refractivity (Wildman–Crippen MR) is 79.9 cm³/mol. The summed E-state index contributed by atoms with van der Waals surface area (Å²) in [6.07, 6.45) is 3.36. The van der Waals surface area contributed by atoms with E-state index < -0.39 is 6.10 Å². The van der Waals surface area contributed by atoms with Crippen LogP contribution in [-0.4, -0.2) is 52.2 Å². The number of rotatable bonds is 5. The van der Waals surface area contributed by atoms with E-state index in [0.29, 0.717) is 13.2 Å². The van der Waals surface area contributed by atoms with E-state index in [9.17, 15) is 5.11 Å². The number of aliphatic hydroxyl groups excluding tert-OH is 1. The Morgan fingerprint density at radius 3 is 2.76 bits per heavy atom. The Kier molecular flexibility index (Phi) is 4.34. The molecule has 1 N–H and O–H groups in total. The largest absolute Gasteiger partial charge is 0.389 e. The van der Waals surface area contributed by atoms with Gasteiger partial charge < -0.3 is 9.84 Å². The first kappa shape index (κ1) is 14.3. The molecule has 1 aromatic heterocycles. The van der Waals surface area contributed by atoms with E-state index >= 15 is 0 Å². The summed E-state index contributed by atoms with van der Waals surface area (Å²) in [6.45, 7) is 2.59. The third kappa shape index (κ3) is 3.32. The Morgan fingerprint density at radius 1 is 1.29 bits per heavy atom. The molecule has 2 heterocycles. The Hall–Kier alpha value is -1.69. The van der Waals surface area contributed by atoms with Gasteiger partial charge in [-0.1, -0.05) is 24.3 Å². The highest BCUT2D eigenvalue weighted by atomic mass is 16.5. The Balaban J connectivity index is 1.72. The molecule has 0 aliphatic carbocycles. The topological polar surface area (TPSA) is 50.5 Å². The minimum atomic E-state index is -0.395. The van der Waals surface area contributed by atoms with Crippen LogP contribution in [-0.2, 0) is 17.8 Å². The van der Waals surface area contributed by atoms with Crippen LogP contribution in [0.2, 0.25) is 0 Å². The number of nitrogens with zero attached hydrogens (tertiary/aromatic N) is 3. The molecule has 0 unspecified atom stereocenters. The fraction of sp³-hybridized carbons (Fsp3) is 0.438. The molecule has 1 aromatic carbocycles.